The second kappa shape index (κ2) is 5.11. The summed E-state index contributed by atoms with van der Waals surface area (Å²) < 4.78 is 38.4. The molecule has 7 heteroatoms. The lowest BCUT2D eigenvalue weighted by atomic mass is 9.96. The minimum Gasteiger partial charge on any atom is -0.454 e. The Balaban J connectivity index is 1.69. The Morgan fingerprint density at radius 2 is 1.77 bits per heavy atom. The number of rotatable bonds is 2. The highest BCUT2D eigenvalue weighted by atomic mass is 32.2. The average molecular weight is 324 g/mol. The van der Waals surface area contributed by atoms with E-state index in [0.717, 1.165) is 12.8 Å². The zero-order chi connectivity index (χ0) is 15.3. The fourth-order valence-corrected chi connectivity index (χ4v) is 5.36. The number of nitrogens with zero attached hydrogens (tertiary/aromatic N) is 1. The first-order chi connectivity index (χ1) is 10.5. The summed E-state index contributed by atoms with van der Waals surface area (Å²) in [5.74, 6) is 1.13. The molecular weight excluding hydrogens is 304 g/mol. The molecule has 3 heterocycles. The summed E-state index contributed by atoms with van der Waals surface area (Å²) in [6, 6.07) is 3.90. The number of sulfonamides is 1. The van der Waals surface area contributed by atoms with Gasteiger partial charge in [-0.2, -0.15) is 4.31 Å². The van der Waals surface area contributed by atoms with E-state index in [4.69, 9.17) is 9.47 Å². The molecule has 0 amide bonds. The van der Waals surface area contributed by atoms with Crippen LogP contribution in [0.5, 0.6) is 11.5 Å². The van der Waals surface area contributed by atoms with Crippen molar-refractivity contribution in [3.05, 3.63) is 17.7 Å². The van der Waals surface area contributed by atoms with Gasteiger partial charge in [-0.1, -0.05) is 6.42 Å². The monoisotopic (exact) mass is 324 g/mol. The second-order valence-electron chi connectivity index (χ2n) is 6.28. The smallest absolute Gasteiger partial charge is 0.243 e. The number of nitrogens with one attached hydrogen (secondary N) is 1. The Kier molecular flexibility index (Phi) is 3.32. The summed E-state index contributed by atoms with van der Waals surface area (Å²) in [6.07, 6.45) is 3.27. The maximum Gasteiger partial charge on any atom is 0.243 e. The van der Waals surface area contributed by atoms with Crippen molar-refractivity contribution in [2.45, 2.75) is 43.2 Å². The van der Waals surface area contributed by atoms with Crippen molar-refractivity contribution in [1.29, 1.82) is 0 Å². The molecule has 3 aliphatic heterocycles. The van der Waals surface area contributed by atoms with Crippen LogP contribution in [0.2, 0.25) is 0 Å². The van der Waals surface area contributed by atoms with Gasteiger partial charge in [0.25, 0.3) is 0 Å². The van der Waals surface area contributed by atoms with E-state index in [1.165, 1.54) is 6.42 Å². The minimum atomic E-state index is -3.50. The van der Waals surface area contributed by atoms with Crippen LogP contribution in [0.15, 0.2) is 17.0 Å². The standard InChI is InChI=1S/C15H20N2O4S/c1-10-5-13-14(21-9-20-13)6-15(10)22(18,19)17-7-11-3-2-4-12(8-17)16-11/h5-6,11-12,16H,2-4,7-9H2,1H3. The summed E-state index contributed by atoms with van der Waals surface area (Å²) in [6.45, 7) is 3.05. The van der Waals surface area contributed by atoms with Crippen LogP contribution in [-0.4, -0.2) is 44.7 Å². The Morgan fingerprint density at radius 1 is 1.14 bits per heavy atom. The van der Waals surface area contributed by atoms with E-state index in [-0.39, 0.29) is 18.9 Å². The van der Waals surface area contributed by atoms with E-state index < -0.39 is 10.0 Å². The summed E-state index contributed by atoms with van der Waals surface area (Å²) in [7, 11) is -3.50. The molecule has 0 aromatic heterocycles. The predicted molar refractivity (Wildman–Crippen MR) is 80.6 cm³/mol. The normalized spacial score (nSPS) is 27.9. The largest absolute Gasteiger partial charge is 0.454 e. The predicted octanol–water partition coefficient (Wildman–Crippen LogP) is 1.24. The zero-order valence-electron chi connectivity index (χ0n) is 12.5. The van der Waals surface area contributed by atoms with E-state index in [1.807, 2.05) is 0 Å². The highest BCUT2D eigenvalue weighted by Gasteiger charge is 2.37. The first-order valence-electron chi connectivity index (χ1n) is 7.70. The second-order valence-corrected chi connectivity index (χ2v) is 8.19. The molecule has 1 aromatic rings. The van der Waals surface area contributed by atoms with E-state index in [1.54, 1.807) is 23.4 Å². The molecule has 2 atom stereocenters. The molecule has 2 unspecified atom stereocenters. The summed E-state index contributed by atoms with van der Waals surface area (Å²) in [5, 5.41) is 3.51. The maximum absolute atomic E-state index is 13.0. The van der Waals surface area contributed by atoms with Crippen LogP contribution in [0, 0.1) is 6.92 Å². The number of ether oxygens (including phenoxy) is 2. The maximum atomic E-state index is 13.0. The Hall–Kier alpha value is -1.31. The van der Waals surface area contributed by atoms with Crippen molar-refractivity contribution in [3.8, 4) is 11.5 Å². The molecule has 0 saturated carbocycles. The van der Waals surface area contributed by atoms with Gasteiger partial charge in [0.1, 0.15) is 0 Å². The summed E-state index contributed by atoms with van der Waals surface area (Å²) in [5.41, 5.74) is 0.702. The molecule has 1 aromatic carbocycles. The molecule has 4 rings (SSSR count). The van der Waals surface area contributed by atoms with Gasteiger partial charge in [0, 0.05) is 31.2 Å². The molecule has 2 fully saturated rings. The van der Waals surface area contributed by atoms with Gasteiger partial charge in [-0.3, -0.25) is 0 Å². The van der Waals surface area contributed by atoms with Gasteiger partial charge >= 0.3 is 0 Å². The lowest BCUT2D eigenvalue weighted by molar-refractivity contribution is 0.174. The van der Waals surface area contributed by atoms with Gasteiger partial charge in [0.2, 0.25) is 16.8 Å². The van der Waals surface area contributed by atoms with Crippen molar-refractivity contribution < 1.29 is 17.9 Å². The molecule has 120 valence electrons. The molecule has 1 N–H and O–H groups in total. The molecule has 2 saturated heterocycles. The highest BCUT2D eigenvalue weighted by Crippen LogP contribution is 2.37. The van der Waals surface area contributed by atoms with Crippen molar-refractivity contribution in [3.63, 3.8) is 0 Å². The van der Waals surface area contributed by atoms with Gasteiger partial charge in [0.15, 0.2) is 11.5 Å². The third kappa shape index (κ3) is 2.28. The van der Waals surface area contributed by atoms with Crippen molar-refractivity contribution in [2.75, 3.05) is 19.9 Å². The van der Waals surface area contributed by atoms with Gasteiger partial charge in [0.05, 0.1) is 4.90 Å². The van der Waals surface area contributed by atoms with Gasteiger partial charge in [-0.05, 0) is 31.4 Å². The third-order valence-corrected chi connectivity index (χ3v) is 6.69. The Morgan fingerprint density at radius 3 is 2.45 bits per heavy atom. The fourth-order valence-electron chi connectivity index (χ4n) is 3.60. The molecule has 6 nitrogen and oxygen atoms in total. The van der Waals surface area contributed by atoms with Crippen LogP contribution < -0.4 is 14.8 Å². The molecule has 22 heavy (non-hydrogen) atoms. The van der Waals surface area contributed by atoms with Crippen molar-refractivity contribution in [1.82, 2.24) is 9.62 Å². The van der Waals surface area contributed by atoms with E-state index >= 15 is 0 Å². The first-order valence-corrected chi connectivity index (χ1v) is 9.14. The van der Waals surface area contributed by atoms with Crippen LogP contribution in [0.4, 0.5) is 0 Å². The fraction of sp³-hybridized carbons (Fsp3) is 0.600. The molecule has 0 radical (unpaired) electrons. The van der Waals surface area contributed by atoms with E-state index in [2.05, 4.69) is 5.32 Å². The number of piperidine rings is 1. The number of fused-ring (bicyclic) bond motifs is 3. The van der Waals surface area contributed by atoms with Crippen LogP contribution in [0.1, 0.15) is 24.8 Å². The number of benzene rings is 1. The molecular formula is C15H20N2O4S. The lowest BCUT2D eigenvalue weighted by Crippen LogP contribution is -2.59. The average Bonchev–Trinajstić information content (AvgIpc) is 2.93. The Bertz CT molecular complexity index is 692. The van der Waals surface area contributed by atoms with Crippen LogP contribution in [-0.2, 0) is 10.0 Å². The number of piperazine rings is 1. The highest BCUT2D eigenvalue weighted by molar-refractivity contribution is 7.89. The van der Waals surface area contributed by atoms with Gasteiger partial charge in [-0.25, -0.2) is 8.42 Å². The van der Waals surface area contributed by atoms with Gasteiger partial charge in [-0.15, -0.1) is 0 Å². The molecule has 3 aliphatic rings. The number of hydrogen-bond donors (Lipinski definition) is 1. The first kappa shape index (κ1) is 14.3. The summed E-state index contributed by atoms with van der Waals surface area (Å²) in [4.78, 5) is 0.330. The topological polar surface area (TPSA) is 67.9 Å². The number of hydrogen-bond acceptors (Lipinski definition) is 5. The quantitative estimate of drug-likeness (QED) is 0.886. The van der Waals surface area contributed by atoms with Crippen LogP contribution in [0.25, 0.3) is 0 Å². The van der Waals surface area contributed by atoms with Crippen molar-refractivity contribution >= 4 is 10.0 Å². The minimum absolute atomic E-state index is 0.149. The third-order valence-electron chi connectivity index (χ3n) is 4.71. The lowest BCUT2D eigenvalue weighted by Gasteiger charge is -2.41. The molecule has 0 aliphatic carbocycles. The SMILES string of the molecule is Cc1cc2c(cc1S(=O)(=O)N1CC3CCCC(C1)N3)OCO2. The van der Waals surface area contributed by atoms with E-state index in [9.17, 15) is 8.42 Å². The molecule has 2 bridgehead atoms. The van der Waals surface area contributed by atoms with Crippen molar-refractivity contribution in [2.24, 2.45) is 0 Å². The van der Waals surface area contributed by atoms with E-state index in [0.29, 0.717) is 35.0 Å². The molecule has 0 spiro atoms. The van der Waals surface area contributed by atoms with Gasteiger partial charge < -0.3 is 14.8 Å². The zero-order valence-corrected chi connectivity index (χ0v) is 13.4. The Labute approximate surface area is 130 Å². The van der Waals surface area contributed by atoms with Crippen LogP contribution >= 0.6 is 0 Å². The van der Waals surface area contributed by atoms with Crippen LogP contribution in [0.3, 0.4) is 0 Å². The summed E-state index contributed by atoms with van der Waals surface area (Å²) >= 11 is 0. The number of aryl methyl sites for hydroxylation is 1.